The van der Waals surface area contributed by atoms with E-state index in [1.54, 1.807) is 6.92 Å². The lowest BCUT2D eigenvalue weighted by molar-refractivity contribution is 0.321. The Balaban J connectivity index is 1.90. The van der Waals surface area contributed by atoms with Crippen molar-refractivity contribution in [3.8, 4) is 16.5 Å². The van der Waals surface area contributed by atoms with E-state index in [0.717, 1.165) is 4.88 Å². The number of nitrogens with zero attached hydrogens (tertiary/aromatic N) is 3. The van der Waals surface area contributed by atoms with Crippen LogP contribution in [0.15, 0.2) is 39.1 Å². The molecule has 0 atom stereocenters. The number of sulfonamides is 1. The van der Waals surface area contributed by atoms with E-state index in [4.69, 9.17) is 32.5 Å². The molecule has 0 N–H and O–H groups in total. The second-order valence-corrected chi connectivity index (χ2v) is 8.92. The van der Waals surface area contributed by atoms with Crippen LogP contribution in [0.3, 0.4) is 0 Å². The second kappa shape index (κ2) is 8.15. The average molecular weight is 448 g/mol. The van der Waals surface area contributed by atoms with Crippen LogP contribution in [-0.4, -0.2) is 36.5 Å². The molecule has 0 saturated heterocycles. The zero-order valence-corrected chi connectivity index (χ0v) is 17.5. The standard InChI is InChI=1S/C16H15Cl2N3O4S2/c1-3-21(9-13-19-16(20-25-13)11-5-4-8-26-11)27(22,23)12-7-6-10(24-2)14(17)15(12)18/h4-8H,3,9H2,1-2H3. The van der Waals surface area contributed by atoms with Crippen LogP contribution in [-0.2, 0) is 16.6 Å². The van der Waals surface area contributed by atoms with Gasteiger partial charge >= 0.3 is 0 Å². The molecule has 0 unspecified atom stereocenters. The fourth-order valence-electron chi connectivity index (χ4n) is 2.35. The average Bonchev–Trinajstić information content (AvgIpc) is 3.33. The highest BCUT2D eigenvalue weighted by atomic mass is 35.5. The topological polar surface area (TPSA) is 85.5 Å². The Morgan fingerprint density at radius 2 is 2.04 bits per heavy atom. The van der Waals surface area contributed by atoms with Crippen molar-refractivity contribution in [1.82, 2.24) is 14.4 Å². The number of hydrogen-bond acceptors (Lipinski definition) is 7. The SMILES string of the molecule is CCN(Cc1nc(-c2cccs2)no1)S(=O)(=O)c1ccc(OC)c(Cl)c1Cl. The highest BCUT2D eigenvalue weighted by Gasteiger charge is 2.29. The van der Waals surface area contributed by atoms with Crippen LogP contribution in [0.4, 0.5) is 0 Å². The Kier molecular flexibility index (Phi) is 6.07. The molecule has 144 valence electrons. The molecule has 0 spiro atoms. The lowest BCUT2D eigenvalue weighted by Crippen LogP contribution is -2.30. The summed E-state index contributed by atoms with van der Waals surface area (Å²) in [5.41, 5.74) is 0. The summed E-state index contributed by atoms with van der Waals surface area (Å²) in [4.78, 5) is 4.98. The predicted molar refractivity (Wildman–Crippen MR) is 104 cm³/mol. The van der Waals surface area contributed by atoms with Gasteiger partial charge in [0, 0.05) is 6.54 Å². The summed E-state index contributed by atoms with van der Waals surface area (Å²) in [6.45, 7) is 1.79. The minimum absolute atomic E-state index is 0.0362. The summed E-state index contributed by atoms with van der Waals surface area (Å²) in [6, 6.07) is 6.54. The van der Waals surface area contributed by atoms with E-state index in [0.29, 0.717) is 11.6 Å². The largest absolute Gasteiger partial charge is 0.495 e. The van der Waals surface area contributed by atoms with Crippen molar-refractivity contribution in [3.63, 3.8) is 0 Å². The van der Waals surface area contributed by atoms with Gasteiger partial charge < -0.3 is 9.26 Å². The quantitative estimate of drug-likeness (QED) is 0.535. The van der Waals surface area contributed by atoms with Gasteiger partial charge in [0.15, 0.2) is 0 Å². The Morgan fingerprint density at radius 1 is 1.26 bits per heavy atom. The fraction of sp³-hybridized carbons (Fsp3) is 0.250. The molecule has 0 aliphatic carbocycles. The molecular formula is C16H15Cl2N3O4S2. The number of aromatic nitrogens is 2. The van der Waals surface area contributed by atoms with Gasteiger partial charge in [-0.15, -0.1) is 11.3 Å². The lowest BCUT2D eigenvalue weighted by atomic mass is 10.3. The first kappa shape index (κ1) is 20.1. The van der Waals surface area contributed by atoms with Crippen molar-refractivity contribution in [2.45, 2.75) is 18.4 Å². The van der Waals surface area contributed by atoms with Crippen LogP contribution in [0, 0.1) is 0 Å². The van der Waals surface area contributed by atoms with Crippen LogP contribution < -0.4 is 4.74 Å². The minimum atomic E-state index is -3.94. The summed E-state index contributed by atoms with van der Waals surface area (Å²) < 4.78 is 37.5. The van der Waals surface area contributed by atoms with Crippen LogP contribution in [0.25, 0.3) is 10.7 Å². The van der Waals surface area contributed by atoms with Crippen LogP contribution >= 0.6 is 34.5 Å². The zero-order chi connectivity index (χ0) is 19.6. The number of hydrogen-bond donors (Lipinski definition) is 0. The molecule has 0 amide bonds. The molecule has 0 aliphatic rings. The summed E-state index contributed by atoms with van der Waals surface area (Å²) in [7, 11) is -2.51. The third kappa shape index (κ3) is 3.97. The van der Waals surface area contributed by atoms with Crippen molar-refractivity contribution < 1.29 is 17.7 Å². The van der Waals surface area contributed by atoms with E-state index in [1.807, 2.05) is 17.5 Å². The van der Waals surface area contributed by atoms with Gasteiger partial charge in [0.2, 0.25) is 21.7 Å². The van der Waals surface area contributed by atoms with Crippen molar-refractivity contribution in [3.05, 3.63) is 45.6 Å². The Bertz CT molecular complexity index is 1040. The van der Waals surface area contributed by atoms with Crippen LogP contribution in [0.1, 0.15) is 12.8 Å². The first-order chi connectivity index (χ1) is 12.9. The van der Waals surface area contributed by atoms with Gasteiger partial charge in [-0.3, -0.25) is 0 Å². The molecule has 7 nitrogen and oxygen atoms in total. The summed E-state index contributed by atoms with van der Waals surface area (Å²) in [5.74, 6) is 0.889. The second-order valence-electron chi connectivity index (χ2n) is 5.31. The molecule has 11 heteroatoms. The van der Waals surface area contributed by atoms with Gasteiger partial charge in [0.05, 0.1) is 23.6 Å². The van der Waals surface area contributed by atoms with Gasteiger partial charge in [-0.1, -0.05) is 41.3 Å². The molecule has 0 radical (unpaired) electrons. The van der Waals surface area contributed by atoms with Crippen molar-refractivity contribution >= 4 is 44.6 Å². The number of thiophene rings is 1. The van der Waals surface area contributed by atoms with Gasteiger partial charge in [-0.2, -0.15) is 9.29 Å². The summed E-state index contributed by atoms with van der Waals surface area (Å²) in [6.07, 6.45) is 0. The van der Waals surface area contributed by atoms with E-state index < -0.39 is 10.0 Å². The number of methoxy groups -OCH3 is 1. The monoisotopic (exact) mass is 447 g/mol. The van der Waals surface area contributed by atoms with E-state index in [-0.39, 0.29) is 33.9 Å². The Labute approximate surface area is 170 Å². The normalized spacial score (nSPS) is 11.9. The van der Waals surface area contributed by atoms with Crippen LogP contribution in [0.2, 0.25) is 10.0 Å². The maximum absolute atomic E-state index is 13.0. The van der Waals surface area contributed by atoms with Crippen molar-refractivity contribution in [2.75, 3.05) is 13.7 Å². The molecule has 0 aliphatic heterocycles. The smallest absolute Gasteiger partial charge is 0.245 e. The first-order valence-electron chi connectivity index (χ1n) is 7.77. The summed E-state index contributed by atoms with van der Waals surface area (Å²) >= 11 is 13.7. The lowest BCUT2D eigenvalue weighted by Gasteiger charge is -2.20. The van der Waals surface area contributed by atoms with E-state index in [2.05, 4.69) is 10.1 Å². The molecule has 27 heavy (non-hydrogen) atoms. The molecule has 0 saturated carbocycles. The van der Waals surface area contributed by atoms with Crippen molar-refractivity contribution in [2.24, 2.45) is 0 Å². The van der Waals surface area contributed by atoms with Gasteiger partial charge in [-0.05, 0) is 23.6 Å². The zero-order valence-electron chi connectivity index (χ0n) is 14.3. The van der Waals surface area contributed by atoms with E-state index >= 15 is 0 Å². The third-order valence-electron chi connectivity index (χ3n) is 3.72. The maximum atomic E-state index is 13.0. The van der Waals surface area contributed by atoms with Gasteiger partial charge in [0.25, 0.3) is 0 Å². The van der Waals surface area contributed by atoms with E-state index in [9.17, 15) is 8.42 Å². The van der Waals surface area contributed by atoms with Gasteiger partial charge in [0.1, 0.15) is 15.7 Å². The Morgan fingerprint density at radius 3 is 2.67 bits per heavy atom. The van der Waals surface area contributed by atoms with Crippen LogP contribution in [0.5, 0.6) is 5.75 Å². The maximum Gasteiger partial charge on any atom is 0.245 e. The number of rotatable bonds is 7. The molecule has 0 bridgehead atoms. The van der Waals surface area contributed by atoms with Gasteiger partial charge in [-0.25, -0.2) is 8.42 Å². The minimum Gasteiger partial charge on any atom is -0.495 e. The number of benzene rings is 1. The van der Waals surface area contributed by atoms with Crippen molar-refractivity contribution in [1.29, 1.82) is 0 Å². The molecule has 0 fully saturated rings. The number of halogens is 2. The molecule has 2 heterocycles. The summed E-state index contributed by atoms with van der Waals surface area (Å²) in [5, 5.41) is 5.72. The fourth-order valence-corrected chi connectivity index (χ4v) is 5.22. The third-order valence-corrected chi connectivity index (χ3v) is 7.53. The molecule has 1 aromatic carbocycles. The van der Waals surface area contributed by atoms with E-state index in [1.165, 1.54) is 34.9 Å². The first-order valence-corrected chi connectivity index (χ1v) is 10.8. The molecule has 3 rings (SSSR count). The Hall–Kier alpha value is -1.65. The highest BCUT2D eigenvalue weighted by molar-refractivity contribution is 7.89. The molecular weight excluding hydrogens is 433 g/mol. The molecule has 2 aromatic heterocycles. The molecule has 3 aromatic rings. The highest BCUT2D eigenvalue weighted by Crippen LogP contribution is 2.37. The predicted octanol–water partition coefficient (Wildman–Crippen LogP) is 4.32. The number of ether oxygens (including phenoxy) is 1.